The molecule has 0 aliphatic rings. The molecule has 4 aromatic rings. The quantitative estimate of drug-likeness (QED) is 0.0374. The average Bonchev–Trinajstić information content (AvgIpc) is 3.04. The van der Waals surface area contributed by atoms with Crippen molar-refractivity contribution in [3.63, 3.8) is 0 Å². The van der Waals surface area contributed by atoms with Crippen molar-refractivity contribution in [1.29, 1.82) is 0 Å². The van der Waals surface area contributed by atoms with Gasteiger partial charge in [0.15, 0.2) is 5.78 Å². The Morgan fingerprint density at radius 2 is 1.29 bits per heavy atom. The smallest absolute Gasteiger partial charge is 0.312 e. The van der Waals surface area contributed by atoms with Crippen LogP contribution in [0.25, 0.3) is 6.08 Å². The molecule has 0 heterocycles. The number of nitrogens with zero attached hydrogens (tertiary/aromatic N) is 1. The van der Waals surface area contributed by atoms with Crippen molar-refractivity contribution in [2.45, 2.75) is 48.8 Å². The SMILES string of the molecule is CCCCCCC(=NOC(=O)c1ccccc1)C(=O)c1ccc(Sc2ccc(C=CC(=O)c3ccccc3)cc2)cc1. The maximum atomic E-state index is 13.3. The summed E-state index contributed by atoms with van der Waals surface area (Å²) < 4.78 is 0. The maximum absolute atomic E-state index is 13.3. The molecule has 0 aromatic heterocycles. The molecule has 0 spiro atoms. The van der Waals surface area contributed by atoms with E-state index in [1.807, 2.05) is 66.7 Å². The second-order valence-electron chi connectivity index (χ2n) is 9.68. The molecule has 6 heteroatoms. The van der Waals surface area contributed by atoms with Gasteiger partial charge in [-0.25, -0.2) is 4.79 Å². The van der Waals surface area contributed by atoms with Crippen LogP contribution in [0.3, 0.4) is 0 Å². The molecule has 0 saturated heterocycles. The molecule has 0 aliphatic carbocycles. The number of hydrogen-bond donors (Lipinski definition) is 0. The highest BCUT2D eigenvalue weighted by Gasteiger charge is 2.17. The molecule has 0 aliphatic heterocycles. The Bertz CT molecular complexity index is 1530. The molecule has 4 aromatic carbocycles. The molecule has 212 valence electrons. The van der Waals surface area contributed by atoms with Crippen molar-refractivity contribution in [2.24, 2.45) is 5.16 Å². The third-order valence-electron chi connectivity index (χ3n) is 6.50. The van der Waals surface area contributed by atoms with E-state index in [1.54, 1.807) is 66.4 Å². The summed E-state index contributed by atoms with van der Waals surface area (Å²) >= 11 is 1.58. The monoisotopic (exact) mass is 575 g/mol. The van der Waals surface area contributed by atoms with Crippen molar-refractivity contribution in [3.8, 4) is 0 Å². The molecular formula is C36H33NO4S. The molecule has 0 atom stereocenters. The van der Waals surface area contributed by atoms with Gasteiger partial charge in [0.05, 0.1) is 5.56 Å². The van der Waals surface area contributed by atoms with Crippen LogP contribution in [0, 0.1) is 0 Å². The maximum Gasteiger partial charge on any atom is 0.365 e. The second kappa shape index (κ2) is 16.0. The predicted octanol–water partition coefficient (Wildman–Crippen LogP) is 9.10. The molecule has 0 unspecified atom stereocenters. The van der Waals surface area contributed by atoms with Crippen molar-refractivity contribution in [1.82, 2.24) is 0 Å². The number of allylic oxidation sites excluding steroid dienone is 1. The fraction of sp³-hybridized carbons (Fsp3) is 0.167. The summed E-state index contributed by atoms with van der Waals surface area (Å²) in [5.41, 5.74) is 2.71. The first-order chi connectivity index (χ1) is 20.5. The van der Waals surface area contributed by atoms with Crippen LogP contribution in [0.1, 0.15) is 75.7 Å². The molecule has 0 amide bonds. The Hall–Kier alpha value is -4.55. The predicted molar refractivity (Wildman–Crippen MR) is 169 cm³/mol. The first-order valence-electron chi connectivity index (χ1n) is 14.1. The van der Waals surface area contributed by atoms with E-state index in [2.05, 4.69) is 12.1 Å². The highest BCUT2D eigenvalue weighted by atomic mass is 32.2. The second-order valence-corrected chi connectivity index (χ2v) is 10.8. The number of Topliss-reactive ketones (excluding diaryl/α,β-unsaturated/α-hetero) is 1. The molecule has 0 fully saturated rings. The Balaban J connectivity index is 1.38. The van der Waals surface area contributed by atoms with Gasteiger partial charge < -0.3 is 4.84 Å². The lowest BCUT2D eigenvalue weighted by molar-refractivity contribution is 0.0514. The molecule has 0 bridgehead atoms. The first kappa shape index (κ1) is 30.4. The zero-order valence-corrected chi connectivity index (χ0v) is 24.4. The van der Waals surface area contributed by atoms with Gasteiger partial charge in [-0.1, -0.05) is 110 Å². The minimum Gasteiger partial charge on any atom is -0.312 e. The molecule has 0 saturated carbocycles. The van der Waals surface area contributed by atoms with Crippen LogP contribution in [0.15, 0.2) is 130 Å². The summed E-state index contributed by atoms with van der Waals surface area (Å²) in [7, 11) is 0. The largest absolute Gasteiger partial charge is 0.365 e. The number of carbonyl (C=O) groups excluding carboxylic acids is 3. The van der Waals surface area contributed by atoms with Gasteiger partial charge in [-0.15, -0.1) is 0 Å². The van der Waals surface area contributed by atoms with Crippen LogP contribution in [0.5, 0.6) is 0 Å². The Morgan fingerprint density at radius 3 is 1.90 bits per heavy atom. The van der Waals surface area contributed by atoms with Gasteiger partial charge in [0, 0.05) is 20.9 Å². The van der Waals surface area contributed by atoms with Crippen molar-refractivity contribution < 1.29 is 19.2 Å². The van der Waals surface area contributed by atoms with Crippen LogP contribution in [0.2, 0.25) is 0 Å². The minimum absolute atomic E-state index is 0.0350. The van der Waals surface area contributed by atoms with Crippen LogP contribution >= 0.6 is 11.8 Å². The van der Waals surface area contributed by atoms with Gasteiger partial charge in [-0.05, 0) is 73.0 Å². The summed E-state index contributed by atoms with van der Waals surface area (Å²) in [4.78, 5) is 45.2. The molecule has 0 radical (unpaired) electrons. The number of benzene rings is 4. The fourth-order valence-electron chi connectivity index (χ4n) is 4.14. The number of hydrogen-bond acceptors (Lipinski definition) is 6. The zero-order valence-electron chi connectivity index (χ0n) is 23.6. The van der Waals surface area contributed by atoms with Crippen molar-refractivity contribution >= 4 is 41.1 Å². The van der Waals surface area contributed by atoms with Gasteiger partial charge >= 0.3 is 5.97 Å². The highest BCUT2D eigenvalue weighted by molar-refractivity contribution is 7.99. The molecule has 4 rings (SSSR count). The van der Waals surface area contributed by atoms with Gasteiger partial charge in [-0.3, -0.25) is 9.59 Å². The number of oxime groups is 1. The zero-order chi connectivity index (χ0) is 29.6. The standard InChI is InChI=1S/C36H33NO4S/c1-2-3-4-11-16-33(37-41-36(40)30-14-9-6-10-15-30)35(39)29-20-24-32(25-21-29)42-31-22-17-27(18-23-31)19-26-34(38)28-12-7-5-8-13-28/h5-10,12-15,17-26H,2-4,11,16H2,1H3. The number of rotatable bonds is 14. The summed E-state index contributed by atoms with van der Waals surface area (Å²) in [6.07, 6.45) is 7.75. The molecule has 0 N–H and O–H groups in total. The van der Waals surface area contributed by atoms with Crippen LogP contribution in [0.4, 0.5) is 0 Å². The van der Waals surface area contributed by atoms with Crippen LogP contribution < -0.4 is 0 Å². The minimum atomic E-state index is -0.592. The van der Waals surface area contributed by atoms with Crippen LogP contribution in [-0.2, 0) is 4.84 Å². The lowest BCUT2D eigenvalue weighted by atomic mass is 10.0. The Morgan fingerprint density at radius 1 is 0.690 bits per heavy atom. The number of carbonyl (C=O) groups is 3. The fourth-order valence-corrected chi connectivity index (χ4v) is 4.95. The van der Waals surface area contributed by atoms with Gasteiger partial charge in [0.2, 0.25) is 5.78 Å². The van der Waals surface area contributed by atoms with Crippen LogP contribution in [-0.4, -0.2) is 23.2 Å². The van der Waals surface area contributed by atoms with Gasteiger partial charge in [-0.2, -0.15) is 0 Å². The van der Waals surface area contributed by atoms with E-state index in [0.717, 1.165) is 41.0 Å². The Kier molecular flexibility index (Phi) is 11.6. The summed E-state index contributed by atoms with van der Waals surface area (Å²) in [5.74, 6) is -0.872. The van der Waals surface area contributed by atoms with E-state index in [1.165, 1.54) is 0 Å². The number of ketones is 2. The normalized spacial score (nSPS) is 11.4. The van der Waals surface area contributed by atoms with E-state index in [9.17, 15) is 14.4 Å². The summed E-state index contributed by atoms with van der Waals surface area (Å²) in [6.45, 7) is 2.13. The first-order valence-corrected chi connectivity index (χ1v) is 14.9. The molecule has 5 nitrogen and oxygen atoms in total. The third kappa shape index (κ3) is 9.25. The molecular weight excluding hydrogens is 542 g/mol. The van der Waals surface area contributed by atoms with Crippen molar-refractivity contribution in [3.05, 3.63) is 138 Å². The summed E-state index contributed by atoms with van der Waals surface area (Å²) in [5, 5.41) is 4.00. The van der Waals surface area contributed by atoms with Gasteiger partial charge in [0.25, 0.3) is 0 Å². The third-order valence-corrected chi connectivity index (χ3v) is 7.51. The van der Waals surface area contributed by atoms with E-state index >= 15 is 0 Å². The Labute approximate surface area is 251 Å². The number of unbranched alkanes of at least 4 members (excludes halogenated alkanes) is 3. The topological polar surface area (TPSA) is 72.8 Å². The lowest BCUT2D eigenvalue weighted by Crippen LogP contribution is -2.16. The van der Waals surface area contributed by atoms with Gasteiger partial charge in [0.1, 0.15) is 5.71 Å². The van der Waals surface area contributed by atoms with E-state index in [-0.39, 0.29) is 17.3 Å². The van der Waals surface area contributed by atoms with E-state index in [4.69, 9.17) is 4.84 Å². The molecule has 42 heavy (non-hydrogen) atoms. The van der Waals surface area contributed by atoms with E-state index < -0.39 is 5.97 Å². The van der Waals surface area contributed by atoms with E-state index in [0.29, 0.717) is 23.1 Å². The van der Waals surface area contributed by atoms with Crippen molar-refractivity contribution in [2.75, 3.05) is 0 Å². The average molecular weight is 576 g/mol. The summed E-state index contributed by atoms with van der Waals surface area (Å²) in [6, 6.07) is 33.1. The highest BCUT2D eigenvalue weighted by Crippen LogP contribution is 2.28. The lowest BCUT2D eigenvalue weighted by Gasteiger charge is -2.07.